The van der Waals surface area contributed by atoms with Crippen molar-refractivity contribution in [3.8, 4) is 5.69 Å². The maximum absolute atomic E-state index is 12.0. The fourth-order valence-corrected chi connectivity index (χ4v) is 5.26. The predicted octanol–water partition coefficient (Wildman–Crippen LogP) is 5.60. The summed E-state index contributed by atoms with van der Waals surface area (Å²) < 4.78 is 7.10. The van der Waals surface area contributed by atoms with Crippen LogP contribution in [0.4, 0.5) is 11.4 Å². The molecule has 0 bridgehead atoms. The highest BCUT2D eigenvalue weighted by Gasteiger charge is 2.42. The third kappa shape index (κ3) is 4.96. The van der Waals surface area contributed by atoms with Crippen molar-refractivity contribution in [2.45, 2.75) is 19.0 Å². The normalized spacial score (nSPS) is 17.1. The Hall–Kier alpha value is -3.72. The van der Waals surface area contributed by atoms with Crippen LogP contribution in [0.15, 0.2) is 85.2 Å². The predicted molar refractivity (Wildman–Crippen MR) is 150 cm³/mol. The Bertz CT molecular complexity index is 1440. The third-order valence-electron chi connectivity index (χ3n) is 6.34. The highest BCUT2D eigenvalue weighted by atomic mass is 35.5. The third-order valence-corrected chi connectivity index (χ3v) is 6.96. The number of amides is 1. The lowest BCUT2D eigenvalue weighted by molar-refractivity contribution is -0.119. The molecule has 2 N–H and O–H groups in total. The number of thiocarbonyl (C=S) groups is 1. The van der Waals surface area contributed by atoms with E-state index in [-0.39, 0.29) is 24.6 Å². The lowest BCUT2D eigenvalue weighted by atomic mass is 10.0. The number of hydrogen-bond donors (Lipinski definition) is 2. The Labute approximate surface area is 226 Å². The quantitative estimate of drug-likeness (QED) is 0.303. The van der Waals surface area contributed by atoms with Gasteiger partial charge in [0, 0.05) is 36.6 Å². The van der Waals surface area contributed by atoms with E-state index >= 15 is 0 Å². The number of carbonyl (C=O) groups is 1. The van der Waals surface area contributed by atoms with Gasteiger partial charge in [0.1, 0.15) is 12.6 Å². The summed E-state index contributed by atoms with van der Waals surface area (Å²) in [5.41, 5.74) is 5.48. The average molecular weight is 532 g/mol. The highest BCUT2D eigenvalue weighted by molar-refractivity contribution is 7.80. The molecule has 3 heterocycles. The molecule has 1 aliphatic heterocycles. The molecule has 188 valence electrons. The lowest BCUT2D eigenvalue weighted by Crippen LogP contribution is -2.30. The number of ether oxygens (including phenoxy) is 1. The zero-order chi connectivity index (χ0) is 25.9. The largest absolute Gasteiger partial charge is 0.375 e. The van der Waals surface area contributed by atoms with Crippen molar-refractivity contribution in [2.75, 3.05) is 23.9 Å². The molecule has 7 nitrogen and oxygen atoms in total. The molecule has 9 heteroatoms. The zero-order valence-electron chi connectivity index (χ0n) is 20.4. The summed E-state index contributed by atoms with van der Waals surface area (Å²) in [4.78, 5) is 18.7. The summed E-state index contributed by atoms with van der Waals surface area (Å²) in [6.45, 7) is 2.04. The fraction of sp³-hybridized carbons (Fsp3) is 0.179. The van der Waals surface area contributed by atoms with Gasteiger partial charge in [0.05, 0.1) is 22.4 Å². The maximum Gasteiger partial charge on any atom is 0.250 e. The first kappa shape index (κ1) is 25.0. The molecular weight excluding hydrogens is 506 g/mol. The smallest absolute Gasteiger partial charge is 0.250 e. The Morgan fingerprint density at radius 1 is 1.14 bits per heavy atom. The first-order chi connectivity index (χ1) is 18.0. The Morgan fingerprint density at radius 2 is 1.95 bits per heavy atom. The van der Waals surface area contributed by atoms with Crippen LogP contribution in [0.5, 0.6) is 0 Å². The number of pyridine rings is 1. The minimum atomic E-state index is -0.278. The minimum absolute atomic E-state index is 0.0536. The van der Waals surface area contributed by atoms with E-state index in [0.717, 1.165) is 28.3 Å². The summed E-state index contributed by atoms with van der Waals surface area (Å²) in [6.07, 6.45) is 3.85. The molecule has 5 rings (SSSR count). The second kappa shape index (κ2) is 10.7. The van der Waals surface area contributed by atoms with Gasteiger partial charge in [-0.3, -0.25) is 9.78 Å². The topological polar surface area (TPSA) is 71.4 Å². The average Bonchev–Trinajstić information content (AvgIpc) is 3.50. The summed E-state index contributed by atoms with van der Waals surface area (Å²) in [5, 5.41) is 7.22. The van der Waals surface area contributed by atoms with Crippen molar-refractivity contribution in [3.05, 3.63) is 107 Å². The van der Waals surface area contributed by atoms with Crippen molar-refractivity contribution >= 4 is 46.2 Å². The number of para-hydroxylation sites is 1. The van der Waals surface area contributed by atoms with E-state index in [9.17, 15) is 4.79 Å². The first-order valence-electron chi connectivity index (χ1n) is 11.8. The molecule has 2 aromatic heterocycles. The van der Waals surface area contributed by atoms with Gasteiger partial charge in [-0.25, -0.2) is 0 Å². The van der Waals surface area contributed by atoms with Crippen LogP contribution in [-0.4, -0.2) is 34.3 Å². The van der Waals surface area contributed by atoms with E-state index in [1.807, 2.05) is 48.5 Å². The van der Waals surface area contributed by atoms with E-state index in [1.165, 1.54) is 7.11 Å². The van der Waals surface area contributed by atoms with E-state index in [4.69, 9.17) is 28.6 Å². The number of methoxy groups -OCH3 is 1. The van der Waals surface area contributed by atoms with E-state index in [0.29, 0.717) is 15.8 Å². The van der Waals surface area contributed by atoms with Crippen molar-refractivity contribution in [1.82, 2.24) is 14.9 Å². The van der Waals surface area contributed by atoms with Crippen LogP contribution in [-0.2, 0) is 9.53 Å². The summed E-state index contributed by atoms with van der Waals surface area (Å²) in [6, 6.07) is 23.4. The number of nitrogens with zero attached hydrogens (tertiary/aromatic N) is 3. The standard InChI is InChI=1S/C28H26ClN5O2S/c1-18-8-3-4-10-23(18)33-15-7-11-24(33)27-26(22-9-5-6-14-30-22)32-28(37)34(27)19-12-13-21(20(29)16-19)31-25(35)17-36-2/h3-16,26-27H,17H2,1-2H3,(H,31,35)(H,32,37). The summed E-state index contributed by atoms with van der Waals surface area (Å²) in [5.74, 6) is -0.278. The van der Waals surface area contributed by atoms with Gasteiger partial charge in [-0.15, -0.1) is 0 Å². The monoisotopic (exact) mass is 531 g/mol. The molecule has 0 radical (unpaired) electrons. The molecule has 0 aliphatic carbocycles. The number of nitrogens with one attached hydrogen (secondary N) is 2. The zero-order valence-corrected chi connectivity index (χ0v) is 22.0. The number of benzene rings is 2. The van der Waals surface area contributed by atoms with Crippen LogP contribution in [0.25, 0.3) is 5.69 Å². The Balaban J connectivity index is 1.60. The fourth-order valence-electron chi connectivity index (χ4n) is 4.69. The van der Waals surface area contributed by atoms with E-state index in [2.05, 4.69) is 56.4 Å². The second-order valence-electron chi connectivity index (χ2n) is 8.73. The molecule has 0 saturated carbocycles. The van der Waals surface area contributed by atoms with E-state index < -0.39 is 0 Å². The highest BCUT2D eigenvalue weighted by Crippen LogP contribution is 2.43. The number of anilines is 2. The second-order valence-corrected chi connectivity index (χ2v) is 9.53. The SMILES string of the molecule is COCC(=O)Nc1ccc(N2C(=S)NC(c3ccccn3)C2c2cccn2-c2ccccc2C)cc1Cl. The summed E-state index contributed by atoms with van der Waals surface area (Å²) >= 11 is 12.5. The Morgan fingerprint density at radius 3 is 2.68 bits per heavy atom. The molecule has 2 atom stereocenters. The molecule has 1 amide bonds. The molecule has 0 spiro atoms. The lowest BCUT2D eigenvalue weighted by Gasteiger charge is -2.29. The number of carbonyl (C=O) groups excluding carboxylic acids is 1. The molecule has 2 aromatic carbocycles. The van der Waals surface area contributed by atoms with Gasteiger partial charge in [-0.1, -0.05) is 35.9 Å². The van der Waals surface area contributed by atoms with Crippen LogP contribution >= 0.6 is 23.8 Å². The number of halogens is 1. The molecule has 1 aliphatic rings. The minimum Gasteiger partial charge on any atom is -0.375 e. The van der Waals surface area contributed by atoms with Crippen molar-refractivity contribution < 1.29 is 9.53 Å². The van der Waals surface area contributed by atoms with Crippen molar-refractivity contribution in [2.24, 2.45) is 0 Å². The van der Waals surface area contributed by atoms with Gasteiger partial charge in [0.25, 0.3) is 0 Å². The molecule has 4 aromatic rings. The van der Waals surface area contributed by atoms with Gasteiger partial charge in [0.2, 0.25) is 5.91 Å². The number of aromatic nitrogens is 2. The van der Waals surface area contributed by atoms with Gasteiger partial charge in [-0.2, -0.15) is 0 Å². The van der Waals surface area contributed by atoms with E-state index in [1.54, 1.807) is 12.3 Å². The Kier molecular flexibility index (Phi) is 7.23. The molecule has 1 fully saturated rings. The van der Waals surface area contributed by atoms with Crippen LogP contribution in [0.2, 0.25) is 5.02 Å². The number of rotatable bonds is 7. The van der Waals surface area contributed by atoms with Gasteiger partial charge in [-0.05, 0) is 73.2 Å². The van der Waals surface area contributed by atoms with Crippen LogP contribution in [0, 0.1) is 6.92 Å². The van der Waals surface area contributed by atoms with Crippen molar-refractivity contribution in [1.29, 1.82) is 0 Å². The van der Waals surface area contributed by atoms with Gasteiger partial charge < -0.3 is 24.8 Å². The molecule has 2 unspecified atom stereocenters. The molecule has 37 heavy (non-hydrogen) atoms. The first-order valence-corrected chi connectivity index (χ1v) is 12.6. The van der Waals surface area contributed by atoms with Gasteiger partial charge >= 0.3 is 0 Å². The summed E-state index contributed by atoms with van der Waals surface area (Å²) in [7, 11) is 1.47. The maximum atomic E-state index is 12.0. The number of hydrogen-bond acceptors (Lipinski definition) is 4. The van der Waals surface area contributed by atoms with Crippen molar-refractivity contribution in [3.63, 3.8) is 0 Å². The number of aryl methyl sites for hydroxylation is 1. The molecular formula is C28H26ClN5O2S. The van der Waals surface area contributed by atoms with Crippen LogP contribution in [0.3, 0.4) is 0 Å². The van der Waals surface area contributed by atoms with Crippen LogP contribution in [0.1, 0.15) is 29.0 Å². The van der Waals surface area contributed by atoms with Gasteiger partial charge in [0.15, 0.2) is 5.11 Å². The van der Waals surface area contributed by atoms with Crippen LogP contribution < -0.4 is 15.5 Å². The molecule has 1 saturated heterocycles.